The Kier molecular flexibility index (Phi) is 13.8. The van der Waals surface area contributed by atoms with Crippen LogP contribution in [0.4, 0.5) is 0 Å². The van der Waals surface area contributed by atoms with Gasteiger partial charge < -0.3 is 15.2 Å². The number of halogens is 1. The van der Waals surface area contributed by atoms with E-state index in [2.05, 4.69) is 6.58 Å². The minimum absolute atomic E-state index is 0.535. The van der Waals surface area contributed by atoms with Crippen molar-refractivity contribution in [2.75, 3.05) is 33.0 Å². The van der Waals surface area contributed by atoms with Gasteiger partial charge in [0, 0.05) is 11.6 Å². The molecule has 0 spiro atoms. The number of unbranched alkanes of at least 4 members (excludes halogenated alkanes) is 4. The third-order valence-corrected chi connectivity index (χ3v) is 3.25. The standard InChI is InChI=1S/C15H28ClNO2/c1-3-15(16)14(2)13-19-12-11-18-10-8-6-4-5-7-9-17/h3H,1,4-13,17H2,2H3/b15-14-. The van der Waals surface area contributed by atoms with Gasteiger partial charge in [-0.2, -0.15) is 0 Å². The van der Waals surface area contributed by atoms with E-state index in [-0.39, 0.29) is 0 Å². The first kappa shape index (κ1) is 18.7. The van der Waals surface area contributed by atoms with Crippen molar-refractivity contribution < 1.29 is 9.47 Å². The normalized spacial score (nSPS) is 12.4. The van der Waals surface area contributed by atoms with Crippen molar-refractivity contribution in [1.82, 2.24) is 0 Å². The first-order valence-electron chi connectivity index (χ1n) is 7.05. The molecule has 0 aliphatic carbocycles. The molecule has 0 saturated carbocycles. The van der Waals surface area contributed by atoms with Crippen molar-refractivity contribution in [3.8, 4) is 0 Å². The summed E-state index contributed by atoms with van der Waals surface area (Å²) in [5, 5.41) is 0.665. The van der Waals surface area contributed by atoms with Gasteiger partial charge in [-0.15, -0.1) is 0 Å². The average molecular weight is 290 g/mol. The molecular formula is C15H28ClNO2. The predicted octanol–water partition coefficient (Wildman–Crippen LogP) is 3.63. The molecule has 0 aromatic carbocycles. The Labute approximate surface area is 122 Å². The second-order valence-corrected chi connectivity index (χ2v) is 4.96. The third kappa shape index (κ3) is 12.4. The Morgan fingerprint density at radius 3 is 2.37 bits per heavy atom. The van der Waals surface area contributed by atoms with Crippen molar-refractivity contribution in [2.45, 2.75) is 39.0 Å². The van der Waals surface area contributed by atoms with Gasteiger partial charge in [0.15, 0.2) is 0 Å². The molecule has 19 heavy (non-hydrogen) atoms. The first-order valence-corrected chi connectivity index (χ1v) is 7.43. The number of nitrogens with two attached hydrogens (primary N) is 1. The molecule has 3 nitrogen and oxygen atoms in total. The van der Waals surface area contributed by atoms with Gasteiger partial charge in [-0.1, -0.05) is 43.5 Å². The van der Waals surface area contributed by atoms with Crippen LogP contribution in [0, 0.1) is 0 Å². The Morgan fingerprint density at radius 2 is 1.68 bits per heavy atom. The molecule has 0 amide bonds. The summed E-state index contributed by atoms with van der Waals surface area (Å²) in [6.07, 6.45) is 7.58. The van der Waals surface area contributed by atoms with Gasteiger partial charge >= 0.3 is 0 Å². The van der Waals surface area contributed by atoms with Gasteiger partial charge in [0.2, 0.25) is 0 Å². The van der Waals surface area contributed by atoms with Crippen molar-refractivity contribution in [3.05, 3.63) is 23.3 Å². The molecule has 0 saturated heterocycles. The molecule has 0 radical (unpaired) electrons. The van der Waals surface area contributed by atoms with Gasteiger partial charge in [-0.25, -0.2) is 0 Å². The van der Waals surface area contributed by atoms with E-state index < -0.39 is 0 Å². The number of hydrogen-bond acceptors (Lipinski definition) is 3. The minimum Gasteiger partial charge on any atom is -0.379 e. The average Bonchev–Trinajstić information content (AvgIpc) is 2.43. The van der Waals surface area contributed by atoms with Gasteiger partial charge in [-0.3, -0.25) is 0 Å². The first-order chi connectivity index (χ1) is 9.22. The quantitative estimate of drug-likeness (QED) is 0.416. The Bertz CT molecular complexity index is 255. The van der Waals surface area contributed by atoms with Crippen LogP contribution in [0.2, 0.25) is 0 Å². The van der Waals surface area contributed by atoms with E-state index in [0.29, 0.717) is 24.9 Å². The number of allylic oxidation sites excluding steroid dienone is 2. The predicted molar refractivity (Wildman–Crippen MR) is 82.5 cm³/mol. The maximum atomic E-state index is 5.89. The highest BCUT2D eigenvalue weighted by molar-refractivity contribution is 6.31. The molecule has 0 aliphatic rings. The third-order valence-electron chi connectivity index (χ3n) is 2.77. The molecule has 0 fully saturated rings. The summed E-state index contributed by atoms with van der Waals surface area (Å²) in [5.74, 6) is 0. The lowest BCUT2D eigenvalue weighted by atomic mass is 10.1. The summed E-state index contributed by atoms with van der Waals surface area (Å²) in [6, 6.07) is 0. The van der Waals surface area contributed by atoms with Gasteiger partial charge in [0.1, 0.15) is 0 Å². The second kappa shape index (κ2) is 14.1. The highest BCUT2D eigenvalue weighted by Gasteiger charge is 1.96. The van der Waals surface area contributed by atoms with E-state index in [0.717, 1.165) is 31.6 Å². The van der Waals surface area contributed by atoms with Crippen molar-refractivity contribution in [2.24, 2.45) is 5.73 Å². The van der Waals surface area contributed by atoms with Crippen LogP contribution in [-0.4, -0.2) is 33.0 Å². The van der Waals surface area contributed by atoms with Crippen LogP contribution in [-0.2, 0) is 9.47 Å². The lowest BCUT2D eigenvalue weighted by Gasteiger charge is -2.07. The van der Waals surface area contributed by atoms with Gasteiger partial charge in [0.05, 0.1) is 19.8 Å². The van der Waals surface area contributed by atoms with E-state index in [1.807, 2.05) is 6.92 Å². The largest absolute Gasteiger partial charge is 0.379 e. The molecule has 0 unspecified atom stereocenters. The minimum atomic E-state index is 0.535. The van der Waals surface area contributed by atoms with E-state index in [1.165, 1.54) is 19.3 Å². The van der Waals surface area contributed by atoms with E-state index >= 15 is 0 Å². The number of ether oxygens (including phenoxy) is 2. The fourth-order valence-electron chi connectivity index (χ4n) is 1.57. The summed E-state index contributed by atoms with van der Waals surface area (Å²) in [7, 11) is 0. The molecule has 0 aromatic heterocycles. The Hall–Kier alpha value is -0.350. The van der Waals surface area contributed by atoms with Crippen LogP contribution < -0.4 is 5.73 Å². The molecule has 4 heteroatoms. The topological polar surface area (TPSA) is 44.5 Å². The zero-order chi connectivity index (χ0) is 14.3. The second-order valence-electron chi connectivity index (χ2n) is 4.55. The van der Waals surface area contributed by atoms with E-state index in [9.17, 15) is 0 Å². The SMILES string of the molecule is C=C/C(Cl)=C(\C)COCCOCCCCCCCN. The van der Waals surface area contributed by atoms with Crippen LogP contribution in [0.3, 0.4) is 0 Å². The zero-order valence-corrected chi connectivity index (χ0v) is 12.9. The Balaban J connectivity index is 3.21. The van der Waals surface area contributed by atoms with Crippen LogP contribution in [0.15, 0.2) is 23.3 Å². The summed E-state index contributed by atoms with van der Waals surface area (Å²) in [6.45, 7) is 8.94. The smallest absolute Gasteiger partial charge is 0.0704 e. The lowest BCUT2D eigenvalue weighted by molar-refractivity contribution is 0.0545. The highest BCUT2D eigenvalue weighted by Crippen LogP contribution is 2.09. The summed E-state index contributed by atoms with van der Waals surface area (Å²) >= 11 is 5.89. The van der Waals surface area contributed by atoms with Gasteiger partial charge in [-0.05, 0) is 31.9 Å². The molecular weight excluding hydrogens is 262 g/mol. The van der Waals surface area contributed by atoms with Crippen molar-refractivity contribution >= 4 is 11.6 Å². The molecule has 0 bridgehead atoms. The molecule has 0 heterocycles. The summed E-state index contributed by atoms with van der Waals surface area (Å²) < 4.78 is 10.9. The van der Waals surface area contributed by atoms with Crippen LogP contribution in [0.25, 0.3) is 0 Å². The van der Waals surface area contributed by atoms with Crippen molar-refractivity contribution in [1.29, 1.82) is 0 Å². The fraction of sp³-hybridized carbons (Fsp3) is 0.733. The lowest BCUT2D eigenvalue weighted by Crippen LogP contribution is -2.07. The Morgan fingerprint density at radius 1 is 1.05 bits per heavy atom. The highest BCUT2D eigenvalue weighted by atomic mass is 35.5. The molecule has 0 rings (SSSR count). The molecule has 0 atom stereocenters. The van der Waals surface area contributed by atoms with Crippen molar-refractivity contribution in [3.63, 3.8) is 0 Å². The fourth-order valence-corrected chi connectivity index (χ4v) is 1.62. The zero-order valence-electron chi connectivity index (χ0n) is 12.1. The van der Waals surface area contributed by atoms with Crippen LogP contribution in [0.1, 0.15) is 39.0 Å². The number of hydrogen-bond donors (Lipinski definition) is 1. The molecule has 112 valence electrons. The summed E-state index contributed by atoms with van der Waals surface area (Å²) in [4.78, 5) is 0. The maximum Gasteiger partial charge on any atom is 0.0704 e. The van der Waals surface area contributed by atoms with Crippen LogP contribution in [0.5, 0.6) is 0 Å². The maximum absolute atomic E-state index is 5.89. The molecule has 0 aliphatic heterocycles. The monoisotopic (exact) mass is 289 g/mol. The van der Waals surface area contributed by atoms with Gasteiger partial charge in [0.25, 0.3) is 0 Å². The van der Waals surface area contributed by atoms with E-state index in [4.69, 9.17) is 26.8 Å². The van der Waals surface area contributed by atoms with E-state index in [1.54, 1.807) is 6.08 Å². The number of rotatable bonds is 13. The molecule has 0 aromatic rings. The summed E-state index contributed by atoms with van der Waals surface area (Å²) in [5.41, 5.74) is 6.43. The molecule has 2 N–H and O–H groups in total. The van der Waals surface area contributed by atoms with Crippen LogP contribution >= 0.6 is 11.6 Å².